The number of rotatable bonds is 11. The molecule has 8 nitrogen and oxygen atoms in total. The van der Waals surface area contributed by atoms with Gasteiger partial charge in [0, 0.05) is 13.6 Å². The van der Waals surface area contributed by atoms with Gasteiger partial charge in [0.1, 0.15) is 5.75 Å². The first-order valence-electron chi connectivity index (χ1n) is 10.0. The van der Waals surface area contributed by atoms with E-state index in [9.17, 15) is 13.2 Å². The third-order valence-corrected chi connectivity index (χ3v) is 5.66. The van der Waals surface area contributed by atoms with Crippen LogP contribution in [0.4, 0.5) is 5.69 Å². The predicted molar refractivity (Wildman–Crippen MR) is 120 cm³/mol. The molecule has 2 aromatic rings. The summed E-state index contributed by atoms with van der Waals surface area (Å²) in [6.07, 6.45) is 0.401. The fourth-order valence-electron chi connectivity index (χ4n) is 2.72. The van der Waals surface area contributed by atoms with E-state index in [2.05, 4.69) is 5.32 Å². The van der Waals surface area contributed by atoms with Gasteiger partial charge in [-0.1, -0.05) is 6.07 Å². The maximum Gasteiger partial charge on any atom is 0.261 e. The van der Waals surface area contributed by atoms with Crippen LogP contribution in [0.15, 0.2) is 42.5 Å². The molecule has 0 aromatic heterocycles. The third-order valence-electron chi connectivity index (χ3n) is 4.45. The number of anilines is 1. The largest absolute Gasteiger partial charge is 0.490 e. The number of ether oxygens (including phenoxy) is 3. The Morgan fingerprint density at radius 1 is 1.03 bits per heavy atom. The van der Waals surface area contributed by atoms with Gasteiger partial charge >= 0.3 is 0 Å². The molecule has 2 aromatic carbocycles. The van der Waals surface area contributed by atoms with Crippen molar-refractivity contribution in [3.05, 3.63) is 48.0 Å². The summed E-state index contributed by atoms with van der Waals surface area (Å²) >= 11 is 0. The lowest BCUT2D eigenvalue weighted by Crippen LogP contribution is -2.35. The van der Waals surface area contributed by atoms with E-state index in [1.807, 2.05) is 32.0 Å². The second kappa shape index (κ2) is 10.9. The molecule has 9 heteroatoms. The van der Waals surface area contributed by atoms with Crippen LogP contribution in [-0.4, -0.2) is 46.9 Å². The number of amides is 1. The highest BCUT2D eigenvalue weighted by molar-refractivity contribution is 7.92. The average molecular weight is 451 g/mol. The quantitative estimate of drug-likeness (QED) is 0.566. The molecule has 0 spiro atoms. The van der Waals surface area contributed by atoms with Gasteiger partial charge in [0.2, 0.25) is 10.0 Å². The summed E-state index contributed by atoms with van der Waals surface area (Å²) in [5.41, 5.74) is 1.38. The summed E-state index contributed by atoms with van der Waals surface area (Å²) in [5.74, 6) is 1.50. The minimum atomic E-state index is -3.34. The van der Waals surface area contributed by atoms with Crippen molar-refractivity contribution in [1.82, 2.24) is 5.32 Å². The van der Waals surface area contributed by atoms with Crippen molar-refractivity contribution in [1.29, 1.82) is 0 Å². The minimum Gasteiger partial charge on any atom is -0.490 e. The lowest BCUT2D eigenvalue weighted by atomic mass is 10.2. The average Bonchev–Trinajstić information content (AvgIpc) is 2.73. The van der Waals surface area contributed by atoms with Crippen molar-refractivity contribution in [3.8, 4) is 17.2 Å². The first-order valence-corrected chi connectivity index (χ1v) is 11.9. The fourth-order valence-corrected chi connectivity index (χ4v) is 3.23. The van der Waals surface area contributed by atoms with Crippen molar-refractivity contribution in [2.45, 2.75) is 33.4 Å². The fraction of sp³-hybridized carbons (Fsp3) is 0.409. The number of nitrogens with zero attached hydrogens (tertiary/aromatic N) is 1. The van der Waals surface area contributed by atoms with Crippen molar-refractivity contribution < 1.29 is 27.4 Å². The summed E-state index contributed by atoms with van der Waals surface area (Å²) in [5, 5.41) is 2.84. The number of sulfonamides is 1. The van der Waals surface area contributed by atoms with Crippen molar-refractivity contribution in [2.24, 2.45) is 0 Å². The molecule has 170 valence electrons. The first-order chi connectivity index (χ1) is 14.7. The van der Waals surface area contributed by atoms with Gasteiger partial charge in [0.25, 0.3) is 5.91 Å². The molecule has 0 aliphatic rings. The maximum absolute atomic E-state index is 12.4. The van der Waals surface area contributed by atoms with E-state index in [0.717, 1.165) is 11.8 Å². The molecular formula is C22H30N2O6S. The molecule has 0 radical (unpaired) electrons. The third kappa shape index (κ3) is 7.06. The van der Waals surface area contributed by atoms with E-state index in [-0.39, 0.29) is 5.91 Å². The Bertz CT molecular complexity index is 976. The molecule has 0 saturated heterocycles. The van der Waals surface area contributed by atoms with Crippen molar-refractivity contribution >= 4 is 21.6 Å². The summed E-state index contributed by atoms with van der Waals surface area (Å²) in [6, 6.07) is 12.0. The highest BCUT2D eigenvalue weighted by Crippen LogP contribution is 2.28. The van der Waals surface area contributed by atoms with Crippen LogP contribution in [0.1, 0.15) is 26.3 Å². The van der Waals surface area contributed by atoms with Crippen LogP contribution < -0.4 is 23.8 Å². The highest BCUT2D eigenvalue weighted by atomic mass is 32.2. The second-order valence-corrected chi connectivity index (χ2v) is 8.86. The Morgan fingerprint density at radius 3 is 2.23 bits per heavy atom. The number of carbonyl (C=O) groups excluding carboxylic acids is 1. The van der Waals surface area contributed by atoms with E-state index in [0.29, 0.717) is 42.7 Å². The number of benzene rings is 2. The van der Waals surface area contributed by atoms with E-state index in [4.69, 9.17) is 14.2 Å². The van der Waals surface area contributed by atoms with E-state index < -0.39 is 16.1 Å². The molecule has 0 heterocycles. The lowest BCUT2D eigenvalue weighted by Gasteiger charge is -2.18. The van der Waals surface area contributed by atoms with Crippen LogP contribution in [0.3, 0.4) is 0 Å². The second-order valence-electron chi connectivity index (χ2n) is 6.85. The molecule has 2 rings (SSSR count). The molecular weight excluding hydrogens is 420 g/mol. The minimum absolute atomic E-state index is 0.274. The Kier molecular flexibility index (Phi) is 8.56. The normalized spacial score (nSPS) is 12.0. The first kappa shape index (κ1) is 24.3. The Hall–Kier alpha value is -2.94. The van der Waals surface area contributed by atoms with Crippen LogP contribution in [0.2, 0.25) is 0 Å². The van der Waals surface area contributed by atoms with E-state index in [1.54, 1.807) is 31.2 Å². The predicted octanol–water partition coefficient (Wildman–Crippen LogP) is 2.96. The van der Waals surface area contributed by atoms with Gasteiger partial charge in [-0.05, 0) is 62.7 Å². The van der Waals surface area contributed by atoms with Crippen LogP contribution in [0, 0.1) is 0 Å². The zero-order chi connectivity index (χ0) is 23.0. The van der Waals surface area contributed by atoms with Crippen LogP contribution >= 0.6 is 0 Å². The monoisotopic (exact) mass is 450 g/mol. The molecule has 0 bridgehead atoms. The lowest BCUT2D eigenvalue weighted by molar-refractivity contribution is -0.127. The van der Waals surface area contributed by atoms with Crippen LogP contribution in [0.25, 0.3) is 0 Å². The molecule has 0 aliphatic carbocycles. The van der Waals surface area contributed by atoms with Crippen molar-refractivity contribution in [2.75, 3.05) is 30.8 Å². The van der Waals surface area contributed by atoms with Crippen LogP contribution in [0.5, 0.6) is 17.2 Å². The van der Waals surface area contributed by atoms with E-state index >= 15 is 0 Å². The van der Waals surface area contributed by atoms with E-state index in [1.165, 1.54) is 11.4 Å². The zero-order valence-corrected chi connectivity index (χ0v) is 19.4. The summed E-state index contributed by atoms with van der Waals surface area (Å²) in [6.45, 7) is 6.82. The van der Waals surface area contributed by atoms with Crippen molar-refractivity contribution in [3.63, 3.8) is 0 Å². The molecule has 0 saturated carbocycles. The topological polar surface area (TPSA) is 94.2 Å². The van der Waals surface area contributed by atoms with Gasteiger partial charge < -0.3 is 19.5 Å². The SMILES string of the molecule is CCOc1ccc(CNC(=O)[C@H](C)Oc2ccc(N(C)S(C)(=O)=O)cc2)cc1OCC. The van der Waals surface area contributed by atoms with Gasteiger partial charge in [0.15, 0.2) is 17.6 Å². The molecule has 0 fully saturated rings. The standard InChI is InChI=1S/C22H30N2O6S/c1-6-28-20-13-8-17(14-21(20)29-7-2)15-23-22(25)16(3)30-19-11-9-18(10-12-19)24(4)31(5,26)27/h8-14,16H,6-7,15H2,1-5H3,(H,23,25)/t16-/m0/s1. The molecule has 1 atom stereocenters. The summed E-state index contributed by atoms with van der Waals surface area (Å²) < 4.78 is 41.2. The summed E-state index contributed by atoms with van der Waals surface area (Å²) in [7, 11) is -1.87. The van der Waals surface area contributed by atoms with Gasteiger partial charge in [0.05, 0.1) is 25.2 Å². The molecule has 0 aliphatic heterocycles. The van der Waals surface area contributed by atoms with Gasteiger partial charge in [-0.2, -0.15) is 0 Å². The van der Waals surface area contributed by atoms with Crippen LogP contribution in [-0.2, 0) is 21.4 Å². The van der Waals surface area contributed by atoms with Gasteiger partial charge in [-0.3, -0.25) is 9.10 Å². The molecule has 1 amide bonds. The molecule has 1 N–H and O–H groups in total. The number of nitrogens with one attached hydrogen (secondary N) is 1. The maximum atomic E-state index is 12.4. The number of hydrogen-bond donors (Lipinski definition) is 1. The summed E-state index contributed by atoms with van der Waals surface area (Å²) in [4.78, 5) is 12.4. The smallest absolute Gasteiger partial charge is 0.261 e. The Morgan fingerprint density at radius 2 is 1.65 bits per heavy atom. The highest BCUT2D eigenvalue weighted by Gasteiger charge is 2.16. The Balaban J connectivity index is 1.95. The zero-order valence-electron chi connectivity index (χ0n) is 18.5. The number of hydrogen-bond acceptors (Lipinski definition) is 6. The Labute approximate surface area is 184 Å². The van der Waals surface area contributed by atoms with Gasteiger partial charge in [-0.25, -0.2) is 8.42 Å². The number of carbonyl (C=O) groups is 1. The molecule has 31 heavy (non-hydrogen) atoms. The molecule has 0 unspecified atom stereocenters. The van der Waals surface area contributed by atoms with Gasteiger partial charge in [-0.15, -0.1) is 0 Å².